The number of thiazole rings is 1. The quantitative estimate of drug-likeness (QED) is 0.818. The van der Waals surface area contributed by atoms with Gasteiger partial charge in [-0.2, -0.15) is 0 Å². The van der Waals surface area contributed by atoms with Gasteiger partial charge in [0.05, 0.1) is 18.7 Å². The van der Waals surface area contributed by atoms with Crippen LogP contribution in [0.15, 0.2) is 27.8 Å². The number of nitrogens with zero attached hydrogens (tertiary/aromatic N) is 3. The van der Waals surface area contributed by atoms with Gasteiger partial charge < -0.3 is 10.1 Å². The lowest BCUT2D eigenvalue weighted by molar-refractivity contribution is -0.138. The van der Waals surface area contributed by atoms with E-state index < -0.39 is 6.17 Å². The number of amidine groups is 1. The van der Waals surface area contributed by atoms with E-state index in [-0.39, 0.29) is 12.5 Å². The van der Waals surface area contributed by atoms with E-state index in [1.165, 1.54) is 11.3 Å². The van der Waals surface area contributed by atoms with Gasteiger partial charge in [0.2, 0.25) is 0 Å². The molecule has 24 heavy (non-hydrogen) atoms. The first-order chi connectivity index (χ1) is 11.7. The maximum atomic E-state index is 13.3. The Morgan fingerprint density at radius 1 is 1.50 bits per heavy atom. The second-order valence-electron chi connectivity index (χ2n) is 5.76. The lowest BCUT2D eigenvalue weighted by atomic mass is 10.1. The lowest BCUT2D eigenvalue weighted by Gasteiger charge is -2.31. The number of halogens is 1. The van der Waals surface area contributed by atoms with E-state index in [0.29, 0.717) is 50.5 Å². The molecule has 1 aromatic rings. The summed E-state index contributed by atoms with van der Waals surface area (Å²) in [6.45, 7) is 4.32. The molecule has 3 rings (SSSR count). The van der Waals surface area contributed by atoms with Crippen molar-refractivity contribution >= 4 is 23.1 Å². The summed E-state index contributed by atoms with van der Waals surface area (Å²) in [6.07, 6.45) is 2.08. The number of hydrogen-bond acceptors (Lipinski definition) is 7. The van der Waals surface area contributed by atoms with E-state index >= 15 is 0 Å². The molecule has 0 unspecified atom stereocenters. The van der Waals surface area contributed by atoms with Gasteiger partial charge in [-0.25, -0.2) is 14.2 Å². The molecule has 0 bridgehead atoms. The minimum Gasteiger partial charge on any atom is -0.463 e. The molecule has 0 amide bonds. The first kappa shape index (κ1) is 17.0. The SMILES string of the molecule is CCOC(=O)C1=C(CN2CCC(F)CC2)NC(c2nccs2)=NC1. The molecular formula is C16H21FN4O2S. The van der Waals surface area contributed by atoms with Crippen LogP contribution >= 0.6 is 11.3 Å². The van der Waals surface area contributed by atoms with Crippen LogP contribution in [0.3, 0.4) is 0 Å². The number of aromatic nitrogens is 1. The Kier molecular flexibility index (Phi) is 5.57. The topological polar surface area (TPSA) is 66.8 Å². The number of rotatable bonds is 5. The van der Waals surface area contributed by atoms with Crippen LogP contribution in [-0.4, -0.2) is 60.6 Å². The Balaban J connectivity index is 1.76. The fraction of sp³-hybridized carbons (Fsp3) is 0.562. The maximum absolute atomic E-state index is 13.3. The second-order valence-corrected chi connectivity index (χ2v) is 6.65. The molecule has 0 aliphatic carbocycles. The minimum absolute atomic E-state index is 0.273. The zero-order chi connectivity index (χ0) is 16.9. The van der Waals surface area contributed by atoms with Crippen LogP contribution in [0.1, 0.15) is 24.8 Å². The standard InChI is InChI=1S/C16H21FN4O2S/c1-2-23-16(22)12-9-19-14(15-18-5-8-24-15)20-13(12)10-21-6-3-11(17)4-7-21/h5,8,11H,2-4,6-7,9-10H2,1H3,(H,19,20). The summed E-state index contributed by atoms with van der Waals surface area (Å²) >= 11 is 1.49. The molecule has 1 saturated heterocycles. The number of likely N-dealkylation sites (tertiary alicyclic amines) is 1. The summed E-state index contributed by atoms with van der Waals surface area (Å²) in [5.41, 5.74) is 1.32. The highest BCUT2D eigenvalue weighted by molar-refractivity contribution is 7.11. The first-order valence-electron chi connectivity index (χ1n) is 8.14. The van der Waals surface area contributed by atoms with E-state index in [0.717, 1.165) is 10.7 Å². The lowest BCUT2D eigenvalue weighted by Crippen LogP contribution is -2.42. The third-order valence-corrected chi connectivity index (χ3v) is 4.86. The molecule has 1 aromatic heterocycles. The van der Waals surface area contributed by atoms with E-state index in [9.17, 15) is 9.18 Å². The van der Waals surface area contributed by atoms with Crippen LogP contribution in [0.25, 0.3) is 0 Å². The molecule has 0 radical (unpaired) electrons. The first-order valence-corrected chi connectivity index (χ1v) is 9.02. The molecule has 2 aliphatic heterocycles. The fourth-order valence-corrected chi connectivity index (χ4v) is 3.40. The van der Waals surface area contributed by atoms with Gasteiger partial charge in [0.15, 0.2) is 10.8 Å². The highest BCUT2D eigenvalue weighted by atomic mass is 32.1. The number of ether oxygens (including phenoxy) is 1. The van der Waals surface area contributed by atoms with Crippen molar-refractivity contribution in [3.63, 3.8) is 0 Å². The predicted molar refractivity (Wildman–Crippen MR) is 90.9 cm³/mol. The van der Waals surface area contributed by atoms with Gasteiger partial charge in [-0.1, -0.05) is 0 Å². The van der Waals surface area contributed by atoms with Gasteiger partial charge in [-0.15, -0.1) is 11.3 Å². The van der Waals surface area contributed by atoms with E-state index in [1.807, 2.05) is 5.38 Å². The van der Waals surface area contributed by atoms with Crippen molar-refractivity contribution in [1.82, 2.24) is 15.2 Å². The van der Waals surface area contributed by atoms with Crippen LogP contribution in [0, 0.1) is 0 Å². The molecule has 0 atom stereocenters. The van der Waals surface area contributed by atoms with Crippen LogP contribution < -0.4 is 5.32 Å². The minimum atomic E-state index is -0.716. The summed E-state index contributed by atoms with van der Waals surface area (Å²) in [6, 6.07) is 0. The molecule has 0 saturated carbocycles. The maximum Gasteiger partial charge on any atom is 0.337 e. The average Bonchev–Trinajstić information content (AvgIpc) is 3.12. The number of aliphatic imine (C=N–C) groups is 1. The summed E-state index contributed by atoms with van der Waals surface area (Å²) in [5, 5.41) is 5.92. The van der Waals surface area contributed by atoms with Crippen LogP contribution in [0.2, 0.25) is 0 Å². The molecule has 0 aromatic carbocycles. The van der Waals surface area contributed by atoms with Crippen molar-refractivity contribution < 1.29 is 13.9 Å². The zero-order valence-corrected chi connectivity index (χ0v) is 14.4. The third kappa shape index (κ3) is 3.99. The molecular weight excluding hydrogens is 331 g/mol. The third-order valence-electron chi connectivity index (χ3n) is 4.08. The number of carbonyl (C=O) groups excluding carboxylic acids is 1. The van der Waals surface area contributed by atoms with E-state index in [1.54, 1.807) is 13.1 Å². The molecule has 8 heteroatoms. The Labute approximate surface area is 144 Å². The summed E-state index contributed by atoms with van der Waals surface area (Å²) in [4.78, 5) is 23.1. The monoisotopic (exact) mass is 352 g/mol. The molecule has 6 nitrogen and oxygen atoms in total. The highest BCUT2D eigenvalue weighted by Crippen LogP contribution is 2.19. The number of esters is 1. The van der Waals surface area contributed by atoms with Gasteiger partial charge in [-0.05, 0) is 19.8 Å². The Morgan fingerprint density at radius 3 is 2.96 bits per heavy atom. The molecule has 1 N–H and O–H groups in total. The molecule has 1 fully saturated rings. The Morgan fingerprint density at radius 2 is 2.29 bits per heavy atom. The second kappa shape index (κ2) is 7.85. The summed E-state index contributed by atoms with van der Waals surface area (Å²) in [5.74, 6) is 0.329. The fourth-order valence-electron chi connectivity index (χ4n) is 2.80. The van der Waals surface area contributed by atoms with Crippen molar-refractivity contribution in [3.8, 4) is 0 Å². The van der Waals surface area contributed by atoms with Gasteiger partial charge in [-0.3, -0.25) is 9.89 Å². The van der Waals surface area contributed by atoms with Crippen molar-refractivity contribution in [1.29, 1.82) is 0 Å². The Bertz CT molecular complexity index is 637. The zero-order valence-electron chi connectivity index (χ0n) is 13.6. The number of alkyl halides is 1. The van der Waals surface area contributed by atoms with Crippen molar-refractivity contribution in [2.24, 2.45) is 4.99 Å². The molecule has 3 heterocycles. The number of piperidine rings is 1. The summed E-state index contributed by atoms with van der Waals surface area (Å²) in [7, 11) is 0. The smallest absolute Gasteiger partial charge is 0.337 e. The number of nitrogens with one attached hydrogen (secondary N) is 1. The average molecular weight is 352 g/mol. The molecule has 0 spiro atoms. The van der Waals surface area contributed by atoms with Crippen LogP contribution in [0.4, 0.5) is 4.39 Å². The Hall–Kier alpha value is -1.80. The predicted octanol–water partition coefficient (Wildman–Crippen LogP) is 1.74. The molecule has 2 aliphatic rings. The molecule has 130 valence electrons. The van der Waals surface area contributed by atoms with Gasteiger partial charge in [0.1, 0.15) is 6.17 Å². The van der Waals surface area contributed by atoms with Crippen molar-refractivity contribution in [2.45, 2.75) is 25.9 Å². The number of hydrogen-bond donors (Lipinski definition) is 1. The summed E-state index contributed by atoms with van der Waals surface area (Å²) < 4.78 is 18.5. The highest BCUT2D eigenvalue weighted by Gasteiger charge is 2.26. The van der Waals surface area contributed by atoms with Crippen molar-refractivity contribution in [2.75, 3.05) is 32.8 Å². The van der Waals surface area contributed by atoms with Gasteiger partial charge in [0.25, 0.3) is 0 Å². The van der Waals surface area contributed by atoms with Crippen LogP contribution in [0.5, 0.6) is 0 Å². The van der Waals surface area contributed by atoms with Crippen LogP contribution in [-0.2, 0) is 9.53 Å². The van der Waals surface area contributed by atoms with Crippen molar-refractivity contribution in [3.05, 3.63) is 27.9 Å². The van der Waals surface area contributed by atoms with E-state index in [2.05, 4.69) is 20.2 Å². The van der Waals surface area contributed by atoms with Gasteiger partial charge in [0, 0.05) is 36.9 Å². The van der Waals surface area contributed by atoms with Gasteiger partial charge >= 0.3 is 5.97 Å². The number of carbonyl (C=O) groups is 1. The largest absolute Gasteiger partial charge is 0.463 e. The van der Waals surface area contributed by atoms with E-state index in [4.69, 9.17) is 4.74 Å². The normalized spacial score (nSPS) is 19.8.